The first-order chi connectivity index (χ1) is 9.41. The predicted octanol–water partition coefficient (Wildman–Crippen LogP) is 2.27. The van der Waals surface area contributed by atoms with Gasteiger partial charge in [-0.3, -0.25) is 9.36 Å². The number of carboxylic acid groups (broad SMARTS) is 1. The minimum absolute atomic E-state index is 0.0221. The van der Waals surface area contributed by atoms with Gasteiger partial charge in [0.1, 0.15) is 0 Å². The van der Waals surface area contributed by atoms with Crippen LogP contribution in [-0.4, -0.2) is 44.7 Å². The third kappa shape index (κ3) is 3.26. The van der Waals surface area contributed by atoms with Crippen LogP contribution in [0.25, 0.3) is 0 Å². The lowest BCUT2D eigenvalue weighted by molar-refractivity contribution is -0.133. The molecule has 2 rings (SSSR count). The lowest BCUT2D eigenvalue weighted by atomic mass is 10.1. The van der Waals surface area contributed by atoms with Gasteiger partial charge in [-0.05, 0) is 25.7 Å². The van der Waals surface area contributed by atoms with Crippen LogP contribution in [-0.2, 0) is 4.79 Å². The van der Waals surface area contributed by atoms with Crippen molar-refractivity contribution in [3.8, 4) is 0 Å². The third-order valence-corrected chi connectivity index (χ3v) is 4.70. The Morgan fingerprint density at radius 3 is 2.60 bits per heavy atom. The summed E-state index contributed by atoms with van der Waals surface area (Å²) in [5, 5.41) is 18.0. The Morgan fingerprint density at radius 1 is 1.45 bits per heavy atom. The maximum absolute atomic E-state index is 10.7. The summed E-state index contributed by atoms with van der Waals surface area (Å²) in [6.07, 6.45) is 2.24. The molecule has 6 nitrogen and oxygen atoms in total. The molecule has 20 heavy (non-hydrogen) atoms. The second-order valence-corrected chi connectivity index (χ2v) is 6.60. The molecule has 1 aromatic rings. The van der Waals surface area contributed by atoms with Gasteiger partial charge in [0, 0.05) is 19.1 Å². The van der Waals surface area contributed by atoms with E-state index in [0.717, 1.165) is 18.8 Å². The van der Waals surface area contributed by atoms with Crippen molar-refractivity contribution >= 4 is 23.7 Å². The van der Waals surface area contributed by atoms with E-state index in [4.69, 9.17) is 5.11 Å². The normalized spacial score (nSPS) is 16.4. The Labute approximate surface area is 123 Å². The molecule has 1 saturated carbocycles. The fraction of sp³-hybridized carbons (Fsp3) is 0.769. The molecule has 1 fully saturated rings. The highest BCUT2D eigenvalue weighted by molar-refractivity contribution is 7.99. The van der Waals surface area contributed by atoms with Gasteiger partial charge in [0.25, 0.3) is 0 Å². The van der Waals surface area contributed by atoms with Gasteiger partial charge < -0.3 is 10.0 Å². The standard InChI is InChI=1S/C13H22N4O2S/c1-8(2)9(3)16(4)12-14-15-13(20-7-11(18)19)17(12)10-5-6-10/h8-10H,5-7H2,1-4H3,(H,18,19). The number of carbonyl (C=O) groups is 1. The second-order valence-electron chi connectivity index (χ2n) is 5.66. The van der Waals surface area contributed by atoms with E-state index in [0.29, 0.717) is 23.2 Å². The maximum Gasteiger partial charge on any atom is 0.313 e. The zero-order valence-corrected chi connectivity index (χ0v) is 13.2. The molecule has 1 unspecified atom stereocenters. The molecule has 112 valence electrons. The Hall–Kier alpha value is -1.24. The van der Waals surface area contributed by atoms with Crippen molar-refractivity contribution in [2.75, 3.05) is 17.7 Å². The zero-order valence-electron chi connectivity index (χ0n) is 12.4. The number of nitrogens with zero attached hydrogens (tertiary/aromatic N) is 4. The van der Waals surface area contributed by atoms with Crippen LogP contribution in [0, 0.1) is 5.92 Å². The highest BCUT2D eigenvalue weighted by atomic mass is 32.2. The maximum atomic E-state index is 10.7. The predicted molar refractivity (Wildman–Crippen MR) is 79.4 cm³/mol. The number of carboxylic acids is 1. The lowest BCUT2D eigenvalue weighted by Crippen LogP contribution is -2.35. The van der Waals surface area contributed by atoms with Crippen LogP contribution in [0.1, 0.15) is 39.7 Å². The Balaban J connectivity index is 2.22. The summed E-state index contributed by atoms with van der Waals surface area (Å²) in [4.78, 5) is 12.9. The Bertz CT molecular complexity index is 485. The average molecular weight is 298 g/mol. The van der Waals surface area contributed by atoms with Gasteiger partial charge in [0.15, 0.2) is 5.16 Å². The number of rotatable bonds is 7. The lowest BCUT2D eigenvalue weighted by Gasteiger charge is -2.29. The van der Waals surface area contributed by atoms with Crippen molar-refractivity contribution in [2.24, 2.45) is 5.92 Å². The van der Waals surface area contributed by atoms with Crippen LogP contribution >= 0.6 is 11.8 Å². The minimum atomic E-state index is -0.828. The molecule has 1 atom stereocenters. The van der Waals surface area contributed by atoms with Crippen LogP contribution in [0.15, 0.2) is 5.16 Å². The molecule has 0 radical (unpaired) electrons. The van der Waals surface area contributed by atoms with E-state index in [1.54, 1.807) is 0 Å². The fourth-order valence-electron chi connectivity index (χ4n) is 2.02. The van der Waals surface area contributed by atoms with Gasteiger partial charge >= 0.3 is 5.97 Å². The van der Waals surface area contributed by atoms with Crippen molar-refractivity contribution in [3.05, 3.63) is 0 Å². The van der Waals surface area contributed by atoms with Crippen LogP contribution in [0.2, 0.25) is 0 Å². The summed E-state index contributed by atoms with van der Waals surface area (Å²) in [6, 6.07) is 0.784. The number of anilines is 1. The highest BCUT2D eigenvalue weighted by Crippen LogP contribution is 2.41. The molecule has 0 bridgehead atoms. The number of aliphatic carboxylic acids is 1. The van der Waals surface area contributed by atoms with E-state index in [1.807, 2.05) is 7.05 Å². The summed E-state index contributed by atoms with van der Waals surface area (Å²) in [5.41, 5.74) is 0. The topological polar surface area (TPSA) is 71.2 Å². The zero-order chi connectivity index (χ0) is 14.9. The van der Waals surface area contributed by atoms with Gasteiger partial charge in [0.2, 0.25) is 5.95 Å². The first-order valence-corrected chi connectivity index (χ1v) is 7.92. The Morgan fingerprint density at radius 2 is 2.10 bits per heavy atom. The molecule has 1 aromatic heterocycles. The SMILES string of the molecule is CC(C)C(C)N(C)c1nnc(SCC(=O)O)n1C1CC1. The van der Waals surface area contributed by atoms with Gasteiger partial charge in [0.05, 0.1) is 5.75 Å². The van der Waals surface area contributed by atoms with Crippen molar-refractivity contribution in [2.45, 2.75) is 50.9 Å². The molecule has 1 aliphatic carbocycles. The molecular formula is C13H22N4O2S. The monoisotopic (exact) mass is 298 g/mol. The van der Waals surface area contributed by atoms with E-state index < -0.39 is 5.97 Å². The highest BCUT2D eigenvalue weighted by Gasteiger charge is 2.32. The van der Waals surface area contributed by atoms with E-state index in [1.165, 1.54) is 11.8 Å². The minimum Gasteiger partial charge on any atom is -0.481 e. The largest absolute Gasteiger partial charge is 0.481 e. The number of aromatic nitrogens is 3. The van der Waals surface area contributed by atoms with Crippen molar-refractivity contribution in [1.82, 2.24) is 14.8 Å². The van der Waals surface area contributed by atoms with Crippen LogP contribution in [0.3, 0.4) is 0 Å². The summed E-state index contributed by atoms with van der Waals surface area (Å²) >= 11 is 1.24. The number of hydrogen-bond donors (Lipinski definition) is 1. The first-order valence-electron chi connectivity index (χ1n) is 6.94. The van der Waals surface area contributed by atoms with Gasteiger partial charge in [-0.2, -0.15) is 0 Å². The van der Waals surface area contributed by atoms with E-state index in [-0.39, 0.29) is 5.75 Å². The summed E-state index contributed by atoms with van der Waals surface area (Å²) in [5.74, 6) is 0.556. The van der Waals surface area contributed by atoms with Crippen molar-refractivity contribution in [3.63, 3.8) is 0 Å². The van der Waals surface area contributed by atoms with E-state index in [2.05, 4.69) is 40.4 Å². The molecule has 0 spiro atoms. The van der Waals surface area contributed by atoms with Crippen LogP contribution < -0.4 is 4.90 Å². The summed E-state index contributed by atoms with van der Waals surface area (Å²) in [7, 11) is 2.03. The van der Waals surface area contributed by atoms with E-state index in [9.17, 15) is 4.79 Å². The molecule has 0 aromatic carbocycles. The first kappa shape index (κ1) is 15.2. The van der Waals surface area contributed by atoms with Gasteiger partial charge in [-0.15, -0.1) is 10.2 Å². The third-order valence-electron chi connectivity index (χ3n) is 3.77. The molecule has 0 amide bonds. The van der Waals surface area contributed by atoms with Crippen LogP contribution in [0.4, 0.5) is 5.95 Å². The van der Waals surface area contributed by atoms with Crippen LogP contribution in [0.5, 0.6) is 0 Å². The van der Waals surface area contributed by atoms with Gasteiger partial charge in [-0.25, -0.2) is 0 Å². The Kier molecular flexibility index (Phi) is 4.57. The molecule has 1 heterocycles. The molecule has 0 saturated heterocycles. The van der Waals surface area contributed by atoms with Crippen molar-refractivity contribution < 1.29 is 9.90 Å². The van der Waals surface area contributed by atoms with Gasteiger partial charge in [-0.1, -0.05) is 25.6 Å². The second kappa shape index (κ2) is 6.03. The smallest absolute Gasteiger partial charge is 0.313 e. The number of thioether (sulfide) groups is 1. The average Bonchev–Trinajstić information content (AvgIpc) is 3.14. The number of hydrogen-bond acceptors (Lipinski definition) is 5. The molecular weight excluding hydrogens is 276 g/mol. The van der Waals surface area contributed by atoms with Crippen molar-refractivity contribution in [1.29, 1.82) is 0 Å². The molecule has 1 aliphatic rings. The molecule has 0 aliphatic heterocycles. The molecule has 1 N–H and O–H groups in total. The quantitative estimate of drug-likeness (QED) is 0.779. The summed E-state index contributed by atoms with van der Waals surface area (Å²) in [6.45, 7) is 6.53. The van der Waals surface area contributed by atoms with E-state index >= 15 is 0 Å². The molecule has 7 heteroatoms. The summed E-state index contributed by atoms with van der Waals surface area (Å²) < 4.78 is 2.10. The fourth-order valence-corrected chi connectivity index (χ4v) is 2.74.